The number of hydrogen-bond donors (Lipinski definition) is 2. The Kier molecular flexibility index (Phi) is 7.78. The summed E-state index contributed by atoms with van der Waals surface area (Å²) in [6.45, 7) is 5.28. The summed E-state index contributed by atoms with van der Waals surface area (Å²) >= 11 is 1.74. The van der Waals surface area contributed by atoms with Crippen molar-refractivity contribution in [2.24, 2.45) is 0 Å². The molecule has 2 heterocycles. The van der Waals surface area contributed by atoms with Crippen molar-refractivity contribution in [3.63, 3.8) is 0 Å². The van der Waals surface area contributed by atoms with Gasteiger partial charge in [0.2, 0.25) is 0 Å². The van der Waals surface area contributed by atoms with E-state index >= 15 is 26.3 Å². The van der Waals surface area contributed by atoms with Crippen LogP contribution in [-0.4, -0.2) is 43.7 Å². The molecule has 5 rings (SSSR count). The summed E-state index contributed by atoms with van der Waals surface area (Å²) in [4.78, 5) is -0.346. The summed E-state index contributed by atoms with van der Waals surface area (Å²) in [5.41, 5.74) is -3.50. The van der Waals surface area contributed by atoms with E-state index in [9.17, 15) is 25.9 Å². The number of aryl methyl sites for hydroxylation is 2. The average Bonchev–Trinajstić information content (AvgIpc) is 3.42. The summed E-state index contributed by atoms with van der Waals surface area (Å²) in [5.74, 6) is -16.4. The highest BCUT2D eigenvalue weighted by Crippen LogP contribution is 2.67. The lowest BCUT2D eigenvalue weighted by atomic mass is 9.90. The van der Waals surface area contributed by atoms with Gasteiger partial charge in [-0.3, -0.25) is 9.11 Å². The van der Waals surface area contributed by atoms with Gasteiger partial charge < -0.3 is 0 Å². The van der Waals surface area contributed by atoms with E-state index < -0.39 is 70.1 Å². The first-order valence-corrected chi connectivity index (χ1v) is 17.3. The molecule has 0 saturated carbocycles. The quantitative estimate of drug-likeness (QED) is 0.153. The van der Waals surface area contributed by atoms with E-state index in [1.54, 1.807) is 0 Å². The van der Waals surface area contributed by atoms with Crippen molar-refractivity contribution in [2.75, 3.05) is 0 Å². The van der Waals surface area contributed by atoms with Gasteiger partial charge in [-0.1, -0.05) is 24.3 Å². The van der Waals surface area contributed by atoms with Crippen molar-refractivity contribution in [1.82, 2.24) is 0 Å². The first kappa shape index (κ1) is 33.3. The zero-order chi connectivity index (χ0) is 33.7. The standard InChI is InChI=1S/C29H22F6O6S4/c1-13-21(15(3)42-25(13)17-5-9-19(10-6-17)44(36,37)38)23-24(28(32,33)29(34,35)27(23,30)31)22-14(2)26(43-16(22)4)18-7-11-20(12-8-18)45(39,40)41/h5-12H,1-4H3,(H,36,37,38)(H,39,40,41). The molecule has 0 amide bonds. The van der Waals surface area contributed by atoms with E-state index in [1.165, 1.54) is 52.0 Å². The van der Waals surface area contributed by atoms with Crippen LogP contribution in [0.25, 0.3) is 32.0 Å². The lowest BCUT2D eigenvalue weighted by molar-refractivity contribution is -0.254. The van der Waals surface area contributed by atoms with Gasteiger partial charge >= 0.3 is 17.8 Å². The van der Waals surface area contributed by atoms with Gasteiger partial charge in [-0.2, -0.15) is 43.2 Å². The van der Waals surface area contributed by atoms with Crippen LogP contribution in [0.4, 0.5) is 26.3 Å². The molecule has 1 aliphatic carbocycles. The predicted octanol–water partition coefficient (Wildman–Crippen LogP) is 8.70. The SMILES string of the molecule is Cc1sc(-c2ccc(S(=O)(=O)O)cc2)c(C)c1C1=C(c2c(C)sc(-c3ccc(S(=O)(=O)O)cc3)c2C)C(F)(F)C(F)(F)C1(F)F. The summed E-state index contributed by atoms with van der Waals surface area (Å²) in [6, 6.07) is 9.28. The number of allylic oxidation sites excluding steroid dienone is 2. The van der Waals surface area contributed by atoms with E-state index in [4.69, 9.17) is 0 Å². The molecule has 0 saturated heterocycles. The fourth-order valence-corrected chi connectivity index (χ4v) is 8.85. The van der Waals surface area contributed by atoms with Gasteiger partial charge in [-0.05, 0) is 74.2 Å². The maximum absolute atomic E-state index is 15.8. The van der Waals surface area contributed by atoms with Gasteiger partial charge in [0.1, 0.15) is 0 Å². The molecule has 4 aromatic rings. The average molecular weight is 709 g/mol. The number of halogens is 6. The van der Waals surface area contributed by atoms with Crippen LogP contribution in [0.5, 0.6) is 0 Å². The molecular weight excluding hydrogens is 687 g/mol. The maximum atomic E-state index is 15.8. The molecule has 0 atom stereocenters. The van der Waals surface area contributed by atoms with E-state index in [-0.39, 0.29) is 41.8 Å². The van der Waals surface area contributed by atoms with Crippen molar-refractivity contribution in [1.29, 1.82) is 0 Å². The molecule has 0 aliphatic heterocycles. The second-order valence-corrected chi connectivity index (χ2v) is 15.7. The van der Waals surface area contributed by atoms with Crippen LogP contribution < -0.4 is 0 Å². The third-order valence-corrected chi connectivity index (χ3v) is 11.9. The molecule has 0 fully saturated rings. The van der Waals surface area contributed by atoms with Crippen LogP contribution in [-0.2, 0) is 20.2 Å². The van der Waals surface area contributed by atoms with Gasteiger partial charge in [0.05, 0.1) is 9.79 Å². The Morgan fingerprint density at radius 1 is 0.556 bits per heavy atom. The molecule has 0 spiro atoms. The molecule has 6 nitrogen and oxygen atoms in total. The van der Waals surface area contributed by atoms with Crippen LogP contribution in [0.1, 0.15) is 32.0 Å². The van der Waals surface area contributed by atoms with Crippen LogP contribution >= 0.6 is 22.7 Å². The highest BCUT2D eigenvalue weighted by Gasteiger charge is 2.80. The fraction of sp³-hybridized carbons (Fsp3) is 0.241. The summed E-state index contributed by atoms with van der Waals surface area (Å²) < 4.78 is 158. The summed E-state index contributed by atoms with van der Waals surface area (Å²) in [6.07, 6.45) is 0. The molecule has 0 bridgehead atoms. The third-order valence-electron chi connectivity index (χ3n) is 7.64. The van der Waals surface area contributed by atoms with Crippen LogP contribution in [0.15, 0.2) is 58.3 Å². The topological polar surface area (TPSA) is 109 Å². The normalized spacial score (nSPS) is 17.7. The smallest absolute Gasteiger partial charge is 0.282 e. The van der Waals surface area contributed by atoms with Crippen molar-refractivity contribution < 1.29 is 52.3 Å². The first-order valence-electron chi connectivity index (χ1n) is 12.8. The Labute approximate surface area is 262 Å². The van der Waals surface area contributed by atoms with Crippen LogP contribution in [0.2, 0.25) is 0 Å². The molecule has 240 valence electrons. The zero-order valence-corrected chi connectivity index (χ0v) is 26.8. The summed E-state index contributed by atoms with van der Waals surface area (Å²) in [7, 11) is -9.10. The number of hydrogen-bond acceptors (Lipinski definition) is 6. The highest BCUT2D eigenvalue weighted by atomic mass is 32.2. The first-order chi connectivity index (χ1) is 20.5. The van der Waals surface area contributed by atoms with E-state index in [0.29, 0.717) is 0 Å². The van der Waals surface area contributed by atoms with E-state index in [0.717, 1.165) is 46.9 Å². The Balaban J connectivity index is 1.78. The molecular formula is C29H22F6O6S4. The van der Waals surface area contributed by atoms with Crippen molar-refractivity contribution in [2.45, 2.75) is 55.3 Å². The Morgan fingerprint density at radius 3 is 1.11 bits per heavy atom. The van der Waals surface area contributed by atoms with Crippen molar-refractivity contribution in [3.05, 3.63) is 80.5 Å². The molecule has 2 aromatic heterocycles. The van der Waals surface area contributed by atoms with Gasteiger partial charge in [-0.15, -0.1) is 22.7 Å². The largest absolute Gasteiger partial charge is 0.380 e. The molecule has 1 aliphatic rings. The molecule has 0 unspecified atom stereocenters. The predicted molar refractivity (Wildman–Crippen MR) is 160 cm³/mol. The van der Waals surface area contributed by atoms with E-state index in [2.05, 4.69) is 0 Å². The second-order valence-electron chi connectivity index (χ2n) is 10.4. The minimum atomic E-state index is -5.80. The number of thiophene rings is 2. The fourth-order valence-electron chi connectivity index (χ4n) is 5.54. The molecule has 0 radical (unpaired) electrons. The lowest BCUT2D eigenvalue weighted by Gasteiger charge is -2.26. The number of benzene rings is 2. The van der Waals surface area contributed by atoms with E-state index in [1.807, 2.05) is 0 Å². The maximum Gasteiger partial charge on any atom is 0.380 e. The number of rotatable bonds is 6. The zero-order valence-electron chi connectivity index (χ0n) is 23.5. The molecule has 45 heavy (non-hydrogen) atoms. The Morgan fingerprint density at radius 2 is 0.844 bits per heavy atom. The Hall–Kier alpha value is -3.02. The Bertz CT molecular complexity index is 1960. The molecule has 16 heteroatoms. The lowest BCUT2D eigenvalue weighted by Crippen LogP contribution is -2.49. The van der Waals surface area contributed by atoms with Gasteiger partial charge in [-0.25, -0.2) is 0 Å². The molecule has 2 N–H and O–H groups in total. The van der Waals surface area contributed by atoms with Crippen molar-refractivity contribution in [3.8, 4) is 20.9 Å². The minimum Gasteiger partial charge on any atom is -0.282 e. The second kappa shape index (κ2) is 10.5. The van der Waals surface area contributed by atoms with Crippen molar-refractivity contribution >= 4 is 54.1 Å². The minimum absolute atomic E-state index is 0.00987. The summed E-state index contributed by atoms with van der Waals surface area (Å²) in [5, 5.41) is 0. The van der Waals surface area contributed by atoms with Crippen LogP contribution in [0.3, 0.4) is 0 Å². The van der Waals surface area contributed by atoms with Crippen LogP contribution in [0, 0.1) is 27.7 Å². The number of alkyl halides is 6. The highest BCUT2D eigenvalue weighted by molar-refractivity contribution is 7.86. The monoisotopic (exact) mass is 708 g/mol. The van der Waals surface area contributed by atoms with Gasteiger partial charge in [0.25, 0.3) is 20.2 Å². The third kappa shape index (κ3) is 5.06. The van der Waals surface area contributed by atoms with Gasteiger partial charge in [0.15, 0.2) is 0 Å². The van der Waals surface area contributed by atoms with Gasteiger partial charge in [0, 0.05) is 41.8 Å². The molecule has 2 aromatic carbocycles.